The van der Waals surface area contributed by atoms with Crippen LogP contribution in [0.5, 0.6) is 0 Å². The third-order valence-corrected chi connectivity index (χ3v) is 3.09. The van der Waals surface area contributed by atoms with Crippen LogP contribution in [0.4, 0.5) is 9.18 Å². The number of rotatable bonds is 4. The van der Waals surface area contributed by atoms with Crippen molar-refractivity contribution < 1.29 is 23.8 Å². The molecule has 0 heterocycles. The van der Waals surface area contributed by atoms with Gasteiger partial charge in [0.1, 0.15) is 11.4 Å². The van der Waals surface area contributed by atoms with E-state index in [4.69, 9.17) is 16.3 Å². The molecule has 23 heavy (non-hydrogen) atoms. The van der Waals surface area contributed by atoms with Crippen LogP contribution in [0.15, 0.2) is 18.2 Å². The maximum atomic E-state index is 13.6. The summed E-state index contributed by atoms with van der Waals surface area (Å²) in [6.07, 6.45) is -0.791. The van der Waals surface area contributed by atoms with E-state index < -0.39 is 35.6 Å². The number of nitrogens with zero attached hydrogens (tertiary/aromatic N) is 1. The molecule has 0 aliphatic rings. The lowest BCUT2D eigenvalue weighted by atomic mass is 10.0. The van der Waals surface area contributed by atoms with Crippen molar-refractivity contribution in [2.45, 2.75) is 52.3 Å². The standard InChI is InChI=1S/C16H21ClFNO4/c1-9(2)19(15(22)23-16(3,4)5)13(14(20)21)10-6-11(17)8-12(18)7-10/h6-9,13H,1-5H3,(H,20,21). The third-order valence-electron chi connectivity index (χ3n) is 2.87. The Kier molecular flexibility index (Phi) is 5.99. The molecule has 0 bridgehead atoms. The van der Waals surface area contributed by atoms with Gasteiger partial charge in [-0.05, 0) is 58.4 Å². The number of hydrogen-bond donors (Lipinski definition) is 1. The van der Waals surface area contributed by atoms with E-state index in [1.165, 1.54) is 6.07 Å². The Morgan fingerprint density at radius 2 is 1.83 bits per heavy atom. The number of aliphatic carboxylic acids is 1. The Labute approximate surface area is 140 Å². The predicted molar refractivity (Wildman–Crippen MR) is 85.0 cm³/mol. The molecule has 0 radical (unpaired) electrons. The molecule has 1 rings (SSSR count). The fourth-order valence-corrected chi connectivity index (χ4v) is 2.31. The molecule has 1 aromatic rings. The van der Waals surface area contributed by atoms with Crippen LogP contribution in [0.3, 0.4) is 0 Å². The van der Waals surface area contributed by atoms with Crippen molar-refractivity contribution in [1.82, 2.24) is 4.90 Å². The number of ether oxygens (including phenoxy) is 1. The van der Waals surface area contributed by atoms with Gasteiger partial charge in [-0.1, -0.05) is 11.6 Å². The number of carbonyl (C=O) groups is 2. The molecule has 1 aromatic carbocycles. The number of halogens is 2. The van der Waals surface area contributed by atoms with Gasteiger partial charge < -0.3 is 9.84 Å². The summed E-state index contributed by atoms with van der Waals surface area (Å²) in [5.41, 5.74) is -0.714. The third kappa shape index (κ3) is 5.39. The highest BCUT2D eigenvalue weighted by Crippen LogP contribution is 2.28. The molecule has 5 nitrogen and oxygen atoms in total. The van der Waals surface area contributed by atoms with Crippen molar-refractivity contribution in [3.05, 3.63) is 34.6 Å². The second-order valence-corrected chi connectivity index (χ2v) is 6.86. The van der Waals surface area contributed by atoms with E-state index in [-0.39, 0.29) is 10.6 Å². The molecule has 0 fully saturated rings. The van der Waals surface area contributed by atoms with E-state index in [0.29, 0.717) is 0 Å². The predicted octanol–water partition coefficient (Wildman–Crippen LogP) is 4.25. The van der Waals surface area contributed by atoms with E-state index in [1.54, 1.807) is 34.6 Å². The van der Waals surface area contributed by atoms with Gasteiger partial charge in [0.2, 0.25) is 0 Å². The first kappa shape index (κ1) is 19.2. The molecule has 128 valence electrons. The van der Waals surface area contributed by atoms with Gasteiger partial charge in [-0.25, -0.2) is 14.0 Å². The summed E-state index contributed by atoms with van der Waals surface area (Å²) in [6.45, 7) is 8.34. The summed E-state index contributed by atoms with van der Waals surface area (Å²) in [5, 5.41) is 9.61. The van der Waals surface area contributed by atoms with Crippen LogP contribution < -0.4 is 0 Å². The summed E-state index contributed by atoms with van der Waals surface area (Å²) in [5.74, 6) is -1.97. The van der Waals surface area contributed by atoms with E-state index >= 15 is 0 Å². The zero-order valence-corrected chi connectivity index (χ0v) is 14.5. The molecular weight excluding hydrogens is 325 g/mol. The lowest BCUT2D eigenvalue weighted by Gasteiger charge is -2.34. The van der Waals surface area contributed by atoms with Gasteiger partial charge in [0.25, 0.3) is 0 Å². The number of amides is 1. The maximum Gasteiger partial charge on any atom is 0.411 e. The number of hydrogen-bond acceptors (Lipinski definition) is 3. The van der Waals surface area contributed by atoms with Crippen LogP contribution in [0.25, 0.3) is 0 Å². The van der Waals surface area contributed by atoms with Crippen molar-refractivity contribution >= 4 is 23.7 Å². The maximum absolute atomic E-state index is 13.6. The summed E-state index contributed by atoms with van der Waals surface area (Å²) in [7, 11) is 0. The van der Waals surface area contributed by atoms with Crippen LogP contribution >= 0.6 is 11.6 Å². The average Bonchev–Trinajstić information content (AvgIpc) is 2.30. The first-order chi connectivity index (χ1) is 10.4. The molecule has 0 saturated heterocycles. The minimum Gasteiger partial charge on any atom is -0.479 e. The van der Waals surface area contributed by atoms with E-state index in [2.05, 4.69) is 0 Å². The highest BCUT2D eigenvalue weighted by Gasteiger charge is 2.36. The largest absolute Gasteiger partial charge is 0.479 e. The van der Waals surface area contributed by atoms with E-state index in [9.17, 15) is 19.1 Å². The van der Waals surface area contributed by atoms with Crippen LogP contribution in [-0.2, 0) is 9.53 Å². The van der Waals surface area contributed by atoms with Crippen molar-refractivity contribution in [1.29, 1.82) is 0 Å². The molecule has 1 atom stereocenters. The Balaban J connectivity index is 3.32. The lowest BCUT2D eigenvalue weighted by Crippen LogP contribution is -2.45. The van der Waals surface area contributed by atoms with Gasteiger partial charge in [-0.2, -0.15) is 0 Å². The molecule has 0 spiro atoms. The topological polar surface area (TPSA) is 66.8 Å². The minimum atomic E-state index is -1.40. The number of carbonyl (C=O) groups excluding carboxylic acids is 1. The van der Waals surface area contributed by atoms with Gasteiger partial charge >= 0.3 is 12.1 Å². The molecule has 1 unspecified atom stereocenters. The molecule has 1 amide bonds. The van der Waals surface area contributed by atoms with Gasteiger partial charge in [-0.3, -0.25) is 4.90 Å². The molecule has 7 heteroatoms. The monoisotopic (exact) mass is 345 g/mol. The van der Waals surface area contributed by atoms with Gasteiger partial charge in [-0.15, -0.1) is 0 Å². The Morgan fingerprint density at radius 3 is 2.22 bits per heavy atom. The van der Waals surface area contributed by atoms with Gasteiger partial charge in [0.05, 0.1) is 0 Å². The van der Waals surface area contributed by atoms with Crippen LogP contribution in [-0.4, -0.2) is 33.7 Å². The first-order valence-electron chi connectivity index (χ1n) is 7.12. The second-order valence-electron chi connectivity index (χ2n) is 6.42. The number of carboxylic acids is 1. The fourth-order valence-electron chi connectivity index (χ4n) is 2.08. The summed E-state index contributed by atoms with van der Waals surface area (Å²) in [4.78, 5) is 25.2. The van der Waals surface area contributed by atoms with Crippen molar-refractivity contribution in [2.75, 3.05) is 0 Å². The van der Waals surface area contributed by atoms with Crippen LogP contribution in [0.1, 0.15) is 46.2 Å². The Bertz CT molecular complexity index is 578. The molecular formula is C16H21ClFNO4. The summed E-state index contributed by atoms with van der Waals surface area (Å²) >= 11 is 5.80. The SMILES string of the molecule is CC(C)N(C(=O)OC(C)(C)C)C(C(=O)O)c1cc(F)cc(Cl)c1. The summed E-state index contributed by atoms with van der Waals surface area (Å²) in [6, 6.07) is 1.55. The lowest BCUT2D eigenvalue weighted by molar-refractivity contribution is -0.144. The van der Waals surface area contributed by atoms with Crippen molar-refractivity contribution in [3.8, 4) is 0 Å². The van der Waals surface area contributed by atoms with Crippen molar-refractivity contribution in [2.24, 2.45) is 0 Å². The number of carboxylic acid groups (broad SMARTS) is 1. The van der Waals surface area contributed by atoms with E-state index in [0.717, 1.165) is 17.0 Å². The van der Waals surface area contributed by atoms with Gasteiger partial charge in [0, 0.05) is 11.1 Å². The molecule has 0 aromatic heterocycles. The molecule has 0 aliphatic heterocycles. The second kappa shape index (κ2) is 7.17. The average molecular weight is 346 g/mol. The molecule has 0 saturated carbocycles. The number of benzene rings is 1. The smallest absolute Gasteiger partial charge is 0.411 e. The van der Waals surface area contributed by atoms with Crippen molar-refractivity contribution in [3.63, 3.8) is 0 Å². The normalized spacial score (nSPS) is 12.9. The van der Waals surface area contributed by atoms with E-state index in [1.807, 2.05) is 0 Å². The zero-order valence-electron chi connectivity index (χ0n) is 13.8. The molecule has 0 aliphatic carbocycles. The van der Waals surface area contributed by atoms with Gasteiger partial charge in [0.15, 0.2) is 6.04 Å². The fraction of sp³-hybridized carbons (Fsp3) is 0.500. The quantitative estimate of drug-likeness (QED) is 0.885. The Hall–Kier alpha value is -1.82. The molecule has 1 N–H and O–H groups in total. The first-order valence-corrected chi connectivity index (χ1v) is 7.50. The Morgan fingerprint density at radius 1 is 1.26 bits per heavy atom. The zero-order chi connectivity index (χ0) is 17.9. The minimum absolute atomic E-state index is 0.0548. The summed E-state index contributed by atoms with van der Waals surface area (Å²) < 4.78 is 18.8. The highest BCUT2D eigenvalue weighted by atomic mass is 35.5. The van der Waals surface area contributed by atoms with Crippen LogP contribution in [0.2, 0.25) is 5.02 Å². The highest BCUT2D eigenvalue weighted by molar-refractivity contribution is 6.30. The van der Waals surface area contributed by atoms with Crippen LogP contribution in [0, 0.1) is 5.82 Å².